The van der Waals surface area contributed by atoms with E-state index in [9.17, 15) is 13.2 Å². The Morgan fingerprint density at radius 3 is 2.38 bits per heavy atom. The van der Waals surface area contributed by atoms with Gasteiger partial charge in [0.2, 0.25) is 0 Å². The average Bonchev–Trinajstić information content (AvgIpc) is 1.99. The molecule has 0 heterocycles. The Balaban J connectivity index is 4.11. The minimum atomic E-state index is -3.59. The standard InChI is InChI=1S/C5H13N3O4S/c1-8(2)13(11,12)7-3-4(6)5(9)10/h4,7H,3,6H2,1-2H3,(H,9,10). The number of nitrogens with zero attached hydrogens (tertiary/aromatic N) is 1. The van der Waals surface area contributed by atoms with Gasteiger partial charge in [0.05, 0.1) is 0 Å². The smallest absolute Gasteiger partial charge is 0.321 e. The summed E-state index contributed by atoms with van der Waals surface area (Å²) in [6.07, 6.45) is 0. The van der Waals surface area contributed by atoms with E-state index in [0.717, 1.165) is 4.31 Å². The van der Waals surface area contributed by atoms with Crippen molar-refractivity contribution in [2.45, 2.75) is 6.04 Å². The van der Waals surface area contributed by atoms with Crippen LogP contribution in [0.5, 0.6) is 0 Å². The molecule has 0 aromatic rings. The lowest BCUT2D eigenvalue weighted by molar-refractivity contribution is -0.138. The number of hydrogen-bond acceptors (Lipinski definition) is 4. The number of carbonyl (C=O) groups is 1. The number of rotatable bonds is 5. The van der Waals surface area contributed by atoms with E-state index < -0.39 is 22.2 Å². The molecule has 0 aliphatic rings. The van der Waals surface area contributed by atoms with E-state index >= 15 is 0 Å². The number of aliphatic carboxylic acids is 1. The maximum Gasteiger partial charge on any atom is 0.321 e. The summed E-state index contributed by atoms with van der Waals surface area (Å²) >= 11 is 0. The van der Waals surface area contributed by atoms with Crippen LogP contribution in [0.2, 0.25) is 0 Å². The van der Waals surface area contributed by atoms with Crippen LogP contribution in [0, 0.1) is 0 Å². The lowest BCUT2D eigenvalue weighted by Crippen LogP contribution is -2.45. The Morgan fingerprint density at radius 1 is 1.62 bits per heavy atom. The van der Waals surface area contributed by atoms with Crippen molar-refractivity contribution in [1.29, 1.82) is 0 Å². The van der Waals surface area contributed by atoms with Gasteiger partial charge in [-0.15, -0.1) is 0 Å². The van der Waals surface area contributed by atoms with Crippen LogP contribution in [0.3, 0.4) is 0 Å². The summed E-state index contributed by atoms with van der Waals surface area (Å²) < 4.78 is 25.0. The van der Waals surface area contributed by atoms with Crippen LogP contribution in [-0.4, -0.2) is 50.5 Å². The van der Waals surface area contributed by atoms with Gasteiger partial charge in [0.25, 0.3) is 10.2 Å². The van der Waals surface area contributed by atoms with Crippen molar-refractivity contribution in [3.8, 4) is 0 Å². The average molecular weight is 211 g/mol. The summed E-state index contributed by atoms with van der Waals surface area (Å²) in [7, 11) is -0.931. The second-order valence-electron chi connectivity index (χ2n) is 2.58. The summed E-state index contributed by atoms with van der Waals surface area (Å²) in [5, 5.41) is 8.34. The molecule has 0 aromatic heterocycles. The first-order valence-corrected chi connectivity index (χ1v) is 4.87. The van der Waals surface area contributed by atoms with Crippen LogP contribution < -0.4 is 10.5 Å². The van der Waals surface area contributed by atoms with Crippen molar-refractivity contribution in [3.05, 3.63) is 0 Å². The number of carboxylic acid groups (broad SMARTS) is 1. The van der Waals surface area contributed by atoms with Crippen LogP contribution in [0.25, 0.3) is 0 Å². The van der Waals surface area contributed by atoms with Crippen LogP contribution >= 0.6 is 0 Å². The normalized spacial score (nSPS) is 14.5. The summed E-state index contributed by atoms with van der Waals surface area (Å²) in [5.41, 5.74) is 5.08. The third-order valence-electron chi connectivity index (χ3n) is 1.28. The number of hydrogen-bond donors (Lipinski definition) is 3. The zero-order valence-corrected chi connectivity index (χ0v) is 8.21. The Bertz CT molecular complexity index is 274. The molecular formula is C5H13N3O4S. The maximum absolute atomic E-state index is 11.0. The van der Waals surface area contributed by atoms with Gasteiger partial charge in [-0.05, 0) is 0 Å². The van der Waals surface area contributed by atoms with E-state index in [-0.39, 0.29) is 6.54 Å². The highest BCUT2D eigenvalue weighted by molar-refractivity contribution is 7.87. The van der Waals surface area contributed by atoms with Crippen LogP contribution in [0.1, 0.15) is 0 Å². The van der Waals surface area contributed by atoms with Gasteiger partial charge in [0, 0.05) is 20.6 Å². The molecule has 78 valence electrons. The quantitative estimate of drug-likeness (QED) is 0.477. The van der Waals surface area contributed by atoms with Crippen molar-refractivity contribution in [2.24, 2.45) is 5.73 Å². The molecule has 0 saturated carbocycles. The van der Waals surface area contributed by atoms with Gasteiger partial charge in [-0.3, -0.25) is 4.79 Å². The van der Waals surface area contributed by atoms with Crippen molar-refractivity contribution in [2.75, 3.05) is 20.6 Å². The van der Waals surface area contributed by atoms with E-state index in [1.54, 1.807) is 0 Å². The van der Waals surface area contributed by atoms with E-state index in [2.05, 4.69) is 0 Å². The van der Waals surface area contributed by atoms with Crippen molar-refractivity contribution < 1.29 is 18.3 Å². The van der Waals surface area contributed by atoms with Crippen molar-refractivity contribution in [3.63, 3.8) is 0 Å². The first kappa shape index (κ1) is 12.3. The van der Waals surface area contributed by atoms with E-state index in [0.29, 0.717) is 0 Å². The largest absolute Gasteiger partial charge is 0.480 e. The van der Waals surface area contributed by atoms with Crippen LogP contribution in [0.4, 0.5) is 0 Å². The van der Waals surface area contributed by atoms with Gasteiger partial charge in [-0.1, -0.05) is 0 Å². The van der Waals surface area contributed by atoms with E-state index in [1.165, 1.54) is 14.1 Å². The van der Waals surface area contributed by atoms with Gasteiger partial charge in [0.15, 0.2) is 0 Å². The first-order chi connectivity index (χ1) is 5.77. The first-order valence-electron chi connectivity index (χ1n) is 3.43. The molecule has 0 aliphatic heterocycles. The predicted molar refractivity (Wildman–Crippen MR) is 46.2 cm³/mol. The third-order valence-corrected chi connectivity index (χ3v) is 2.78. The fourth-order valence-electron chi connectivity index (χ4n) is 0.411. The highest BCUT2D eigenvalue weighted by atomic mass is 32.2. The minimum absolute atomic E-state index is 0.324. The fourth-order valence-corrected chi connectivity index (χ4v) is 1.06. The molecule has 0 spiro atoms. The van der Waals surface area contributed by atoms with Gasteiger partial charge in [-0.25, -0.2) is 0 Å². The third kappa shape index (κ3) is 4.18. The number of carboxylic acids is 1. The molecule has 0 bridgehead atoms. The van der Waals surface area contributed by atoms with Gasteiger partial charge in [0.1, 0.15) is 6.04 Å². The van der Waals surface area contributed by atoms with Crippen molar-refractivity contribution >= 4 is 16.2 Å². The van der Waals surface area contributed by atoms with Crippen molar-refractivity contribution in [1.82, 2.24) is 9.03 Å². The topological polar surface area (TPSA) is 113 Å². The predicted octanol–water partition coefficient (Wildman–Crippen LogP) is -2.21. The second kappa shape index (κ2) is 4.51. The molecule has 4 N–H and O–H groups in total. The Kier molecular flexibility index (Phi) is 4.27. The molecule has 1 atom stereocenters. The second-order valence-corrected chi connectivity index (χ2v) is 4.55. The van der Waals surface area contributed by atoms with Gasteiger partial charge >= 0.3 is 5.97 Å². The molecule has 0 saturated heterocycles. The van der Waals surface area contributed by atoms with Crippen LogP contribution in [-0.2, 0) is 15.0 Å². The van der Waals surface area contributed by atoms with E-state index in [4.69, 9.17) is 10.8 Å². The Morgan fingerprint density at radius 2 is 2.08 bits per heavy atom. The van der Waals surface area contributed by atoms with Crippen LogP contribution in [0.15, 0.2) is 0 Å². The molecule has 0 rings (SSSR count). The summed E-state index contributed by atoms with van der Waals surface area (Å²) in [5.74, 6) is -1.25. The maximum atomic E-state index is 11.0. The zero-order valence-electron chi connectivity index (χ0n) is 7.39. The Labute approximate surface area is 76.7 Å². The molecule has 0 fully saturated rings. The number of nitrogens with two attached hydrogens (primary N) is 1. The molecule has 8 heteroatoms. The zero-order chi connectivity index (χ0) is 10.6. The molecule has 13 heavy (non-hydrogen) atoms. The minimum Gasteiger partial charge on any atom is -0.480 e. The van der Waals surface area contributed by atoms with Gasteiger partial charge < -0.3 is 10.8 Å². The highest BCUT2D eigenvalue weighted by Crippen LogP contribution is 1.88. The molecule has 7 nitrogen and oxygen atoms in total. The fraction of sp³-hybridized carbons (Fsp3) is 0.800. The lowest BCUT2D eigenvalue weighted by atomic mass is 10.3. The monoisotopic (exact) mass is 211 g/mol. The molecule has 0 amide bonds. The lowest BCUT2D eigenvalue weighted by Gasteiger charge is -2.13. The molecule has 1 unspecified atom stereocenters. The molecular weight excluding hydrogens is 198 g/mol. The summed E-state index contributed by atoms with van der Waals surface area (Å²) in [6.45, 7) is -0.324. The molecule has 0 aromatic carbocycles. The van der Waals surface area contributed by atoms with Gasteiger partial charge in [-0.2, -0.15) is 17.4 Å². The highest BCUT2D eigenvalue weighted by Gasteiger charge is 2.17. The molecule has 0 aliphatic carbocycles. The summed E-state index contributed by atoms with van der Waals surface area (Å²) in [6, 6.07) is -1.23. The van der Waals surface area contributed by atoms with E-state index in [1.807, 2.05) is 4.72 Å². The Hall–Kier alpha value is -0.700. The number of nitrogens with one attached hydrogen (secondary N) is 1. The molecule has 0 radical (unpaired) electrons. The SMILES string of the molecule is CN(C)S(=O)(=O)NCC(N)C(=O)O. The summed E-state index contributed by atoms with van der Waals surface area (Å²) in [4.78, 5) is 10.2.